The van der Waals surface area contributed by atoms with Crippen molar-refractivity contribution in [2.24, 2.45) is 46.3 Å². The van der Waals surface area contributed by atoms with Crippen molar-refractivity contribution in [1.29, 1.82) is 0 Å². The van der Waals surface area contributed by atoms with E-state index in [-0.39, 0.29) is 34.8 Å². The van der Waals surface area contributed by atoms with Crippen molar-refractivity contribution in [1.82, 2.24) is 5.32 Å². The minimum absolute atomic E-state index is 0.0205. The lowest BCUT2D eigenvalue weighted by Gasteiger charge is -2.60. The Bertz CT molecular complexity index is 995. The number of ketones is 1. The molecule has 1 aromatic rings. The minimum atomic E-state index is -0.228. The van der Waals surface area contributed by atoms with Gasteiger partial charge in [0.1, 0.15) is 5.78 Å². The molecule has 4 saturated carbocycles. The van der Waals surface area contributed by atoms with Crippen LogP contribution in [0.5, 0.6) is 0 Å². The standard InChI is InChI=1S/C30H44ClNO3S/c1-5-23(25-8-9-26(31)36-25)32-27(35)14-17(2)20-6-7-21-28-22(11-13-30(20,21)4)29(3)12-10-19(33)15-18(29)16-24(28)34/h8-9,17-23,28,33H,5-7,10-16H2,1-4H3,(H,32,35)/t17-,18+,19-,20-,21+,22+,23-,28+,29+,30-/m1/s1. The van der Waals surface area contributed by atoms with Crippen LogP contribution in [-0.2, 0) is 9.59 Å². The molecule has 4 aliphatic carbocycles. The van der Waals surface area contributed by atoms with E-state index >= 15 is 0 Å². The fourth-order valence-corrected chi connectivity index (χ4v) is 10.7. The minimum Gasteiger partial charge on any atom is -0.393 e. The number of nitrogens with one attached hydrogen (secondary N) is 1. The Labute approximate surface area is 226 Å². The first-order chi connectivity index (χ1) is 17.1. The molecule has 1 aromatic heterocycles. The van der Waals surface area contributed by atoms with Gasteiger partial charge in [-0.25, -0.2) is 0 Å². The van der Waals surface area contributed by atoms with Gasteiger partial charge in [0.2, 0.25) is 5.91 Å². The van der Waals surface area contributed by atoms with Gasteiger partial charge in [0.05, 0.1) is 16.5 Å². The van der Waals surface area contributed by atoms with Gasteiger partial charge in [-0.3, -0.25) is 9.59 Å². The predicted molar refractivity (Wildman–Crippen MR) is 146 cm³/mol. The molecule has 0 radical (unpaired) electrons. The highest BCUT2D eigenvalue weighted by Crippen LogP contribution is 2.67. The average Bonchev–Trinajstić information content (AvgIpc) is 3.41. The van der Waals surface area contributed by atoms with E-state index in [1.54, 1.807) is 11.3 Å². The molecule has 2 N–H and O–H groups in total. The Kier molecular flexibility index (Phi) is 7.41. The largest absolute Gasteiger partial charge is 0.393 e. The number of fused-ring (bicyclic) bond motifs is 5. The number of carbonyl (C=O) groups is 2. The summed E-state index contributed by atoms with van der Waals surface area (Å²) in [5.41, 5.74) is 0.335. The molecule has 0 spiro atoms. The van der Waals surface area contributed by atoms with E-state index < -0.39 is 0 Å². The second-order valence-electron chi connectivity index (χ2n) is 13.1. The zero-order valence-electron chi connectivity index (χ0n) is 22.4. The summed E-state index contributed by atoms with van der Waals surface area (Å²) in [6.07, 6.45) is 9.11. The van der Waals surface area contributed by atoms with Crippen LogP contribution in [0.2, 0.25) is 4.34 Å². The quantitative estimate of drug-likeness (QED) is 0.406. The maximum absolute atomic E-state index is 13.6. The summed E-state index contributed by atoms with van der Waals surface area (Å²) in [6, 6.07) is 3.94. The van der Waals surface area contributed by atoms with Crippen molar-refractivity contribution in [3.05, 3.63) is 21.3 Å². The number of hydrogen-bond acceptors (Lipinski definition) is 4. The summed E-state index contributed by atoms with van der Waals surface area (Å²) < 4.78 is 0.758. The molecule has 0 aliphatic heterocycles. The molecular formula is C30H44ClNO3S. The second kappa shape index (κ2) is 10.0. The summed E-state index contributed by atoms with van der Waals surface area (Å²) >= 11 is 7.67. The van der Waals surface area contributed by atoms with Gasteiger partial charge in [-0.15, -0.1) is 11.3 Å². The molecule has 1 heterocycles. The molecule has 5 rings (SSSR count). The third-order valence-electron chi connectivity index (χ3n) is 11.4. The first-order valence-electron chi connectivity index (χ1n) is 14.3. The number of halogens is 1. The Morgan fingerprint density at radius 1 is 1.17 bits per heavy atom. The Balaban J connectivity index is 1.27. The summed E-state index contributed by atoms with van der Waals surface area (Å²) in [6.45, 7) is 9.23. The van der Waals surface area contributed by atoms with E-state index in [4.69, 9.17) is 11.6 Å². The van der Waals surface area contributed by atoms with E-state index in [1.807, 2.05) is 12.1 Å². The number of aliphatic hydroxyl groups excluding tert-OH is 1. The molecule has 6 heteroatoms. The zero-order chi connectivity index (χ0) is 25.8. The van der Waals surface area contributed by atoms with Crippen LogP contribution < -0.4 is 5.32 Å². The number of amides is 1. The molecule has 0 aromatic carbocycles. The number of carbonyl (C=O) groups excluding carboxylic acids is 2. The zero-order valence-corrected chi connectivity index (χ0v) is 24.0. The molecule has 0 unspecified atom stereocenters. The average molecular weight is 534 g/mol. The van der Waals surface area contributed by atoms with Gasteiger partial charge in [-0.1, -0.05) is 39.3 Å². The molecule has 0 saturated heterocycles. The molecule has 200 valence electrons. The number of aliphatic hydroxyl groups is 1. The van der Waals surface area contributed by atoms with E-state index in [0.717, 1.165) is 54.2 Å². The lowest BCUT2D eigenvalue weighted by atomic mass is 9.44. The van der Waals surface area contributed by atoms with Crippen molar-refractivity contribution in [3.8, 4) is 0 Å². The Morgan fingerprint density at radius 2 is 1.89 bits per heavy atom. The van der Waals surface area contributed by atoms with Crippen LogP contribution in [0.1, 0.15) is 103 Å². The van der Waals surface area contributed by atoms with Crippen molar-refractivity contribution >= 4 is 34.6 Å². The predicted octanol–water partition coefficient (Wildman–Crippen LogP) is 7.19. The van der Waals surface area contributed by atoms with Crippen LogP contribution in [0, 0.1) is 46.3 Å². The van der Waals surface area contributed by atoms with Crippen LogP contribution in [0.15, 0.2) is 12.1 Å². The van der Waals surface area contributed by atoms with E-state index in [2.05, 4.69) is 33.0 Å². The number of hydrogen-bond donors (Lipinski definition) is 2. The fourth-order valence-electron chi connectivity index (χ4n) is 9.46. The van der Waals surface area contributed by atoms with Crippen LogP contribution in [0.3, 0.4) is 0 Å². The van der Waals surface area contributed by atoms with Gasteiger partial charge in [0.15, 0.2) is 0 Å². The Hall–Kier alpha value is -0.910. The first-order valence-corrected chi connectivity index (χ1v) is 15.5. The number of rotatable bonds is 6. The number of thiophene rings is 1. The van der Waals surface area contributed by atoms with Crippen LogP contribution in [0.4, 0.5) is 0 Å². The van der Waals surface area contributed by atoms with Crippen molar-refractivity contribution in [2.45, 2.75) is 104 Å². The van der Waals surface area contributed by atoms with Gasteiger partial charge in [0, 0.05) is 23.6 Å². The molecule has 36 heavy (non-hydrogen) atoms. The molecule has 0 bridgehead atoms. The fraction of sp³-hybridized carbons (Fsp3) is 0.800. The first kappa shape index (κ1) is 26.7. The lowest BCUT2D eigenvalue weighted by Crippen LogP contribution is -2.57. The highest BCUT2D eigenvalue weighted by molar-refractivity contribution is 7.16. The maximum atomic E-state index is 13.6. The molecular weight excluding hydrogens is 490 g/mol. The third kappa shape index (κ3) is 4.49. The van der Waals surface area contributed by atoms with Crippen molar-refractivity contribution in [2.75, 3.05) is 0 Å². The monoisotopic (exact) mass is 533 g/mol. The molecule has 4 aliphatic rings. The molecule has 10 atom stereocenters. The van der Waals surface area contributed by atoms with Crippen molar-refractivity contribution < 1.29 is 14.7 Å². The third-order valence-corrected chi connectivity index (χ3v) is 12.7. The highest BCUT2D eigenvalue weighted by atomic mass is 35.5. The summed E-state index contributed by atoms with van der Waals surface area (Å²) in [5, 5.41) is 13.6. The smallest absolute Gasteiger partial charge is 0.220 e. The van der Waals surface area contributed by atoms with Crippen LogP contribution >= 0.6 is 22.9 Å². The van der Waals surface area contributed by atoms with Gasteiger partial charge < -0.3 is 10.4 Å². The maximum Gasteiger partial charge on any atom is 0.220 e. The number of Topliss-reactive ketones (excluding diaryl/α,β-unsaturated/α-hetero) is 1. The highest BCUT2D eigenvalue weighted by Gasteiger charge is 2.63. The van der Waals surface area contributed by atoms with Gasteiger partial charge in [0.25, 0.3) is 0 Å². The van der Waals surface area contributed by atoms with E-state index in [0.29, 0.717) is 48.2 Å². The molecule has 4 fully saturated rings. The molecule has 4 nitrogen and oxygen atoms in total. The van der Waals surface area contributed by atoms with E-state index in [9.17, 15) is 14.7 Å². The topological polar surface area (TPSA) is 66.4 Å². The van der Waals surface area contributed by atoms with Gasteiger partial charge >= 0.3 is 0 Å². The summed E-state index contributed by atoms with van der Waals surface area (Å²) in [7, 11) is 0. The van der Waals surface area contributed by atoms with Gasteiger partial charge in [-0.2, -0.15) is 0 Å². The SMILES string of the molecule is CC[C@@H](NC(=O)C[C@@H](C)[C@H]1CC[C@H]2[C@@H]3C(=O)C[C@@H]4C[C@H](O)CC[C@]4(C)[C@H]3CC[C@]12C)c1ccc(Cl)s1. The lowest BCUT2D eigenvalue weighted by molar-refractivity contribution is -0.161. The van der Waals surface area contributed by atoms with Gasteiger partial charge in [-0.05, 0) is 104 Å². The van der Waals surface area contributed by atoms with Crippen molar-refractivity contribution in [3.63, 3.8) is 0 Å². The van der Waals surface area contributed by atoms with Crippen LogP contribution in [-0.4, -0.2) is 22.9 Å². The second-order valence-corrected chi connectivity index (χ2v) is 14.9. The summed E-state index contributed by atoms with van der Waals surface area (Å²) in [5.74, 6) is 2.83. The molecule has 1 amide bonds. The normalized spacial score (nSPS) is 41.7. The van der Waals surface area contributed by atoms with Crippen LogP contribution in [0.25, 0.3) is 0 Å². The Morgan fingerprint density at radius 3 is 2.58 bits per heavy atom. The van der Waals surface area contributed by atoms with E-state index in [1.165, 1.54) is 6.42 Å². The summed E-state index contributed by atoms with van der Waals surface area (Å²) in [4.78, 5) is 27.8.